The van der Waals surface area contributed by atoms with Crippen molar-refractivity contribution in [2.45, 2.75) is 26.6 Å². The van der Waals surface area contributed by atoms with Gasteiger partial charge in [0.25, 0.3) is 5.91 Å². The molecule has 0 saturated heterocycles. The van der Waals surface area contributed by atoms with E-state index in [0.717, 1.165) is 5.56 Å². The second-order valence-electron chi connectivity index (χ2n) is 8.66. The zero-order valence-corrected chi connectivity index (χ0v) is 21.0. The van der Waals surface area contributed by atoms with Gasteiger partial charge >= 0.3 is 0 Å². The first kappa shape index (κ1) is 25.8. The smallest absolute Gasteiger partial charge is 0.269 e. The monoisotopic (exact) mass is 525 g/mol. The number of nitrogens with zero attached hydrogens (tertiary/aromatic N) is 5. The van der Waals surface area contributed by atoms with Gasteiger partial charge in [-0.25, -0.2) is 9.37 Å². The van der Waals surface area contributed by atoms with Gasteiger partial charge in [0, 0.05) is 30.7 Å². The van der Waals surface area contributed by atoms with Gasteiger partial charge in [-0.15, -0.1) is 0 Å². The molecule has 0 bridgehead atoms. The first-order chi connectivity index (χ1) is 17.6. The van der Waals surface area contributed by atoms with Crippen molar-refractivity contribution in [3.8, 4) is 0 Å². The number of carbonyl (C=O) groups is 3. The SMILES string of the molecule is Cc1ccc2c(c1)c(C(N)=O)nn2CC(=O)N(CC(=O)NCc1cccc(Cl)c1F)Cc1cn(C)cn1. The number of hydrogen-bond donors (Lipinski definition) is 2. The zero-order valence-electron chi connectivity index (χ0n) is 20.2. The van der Waals surface area contributed by atoms with E-state index in [1.54, 1.807) is 42.3 Å². The van der Waals surface area contributed by atoms with Gasteiger partial charge in [-0.2, -0.15) is 5.10 Å². The number of fused-ring (bicyclic) bond motifs is 1. The molecule has 2 aromatic carbocycles. The van der Waals surface area contributed by atoms with E-state index in [1.165, 1.54) is 21.7 Å². The Balaban J connectivity index is 1.54. The van der Waals surface area contributed by atoms with E-state index in [4.69, 9.17) is 17.3 Å². The number of primary amides is 1. The molecule has 0 radical (unpaired) electrons. The van der Waals surface area contributed by atoms with Crippen LogP contribution in [-0.2, 0) is 36.3 Å². The number of hydrogen-bond acceptors (Lipinski definition) is 5. The lowest BCUT2D eigenvalue weighted by Gasteiger charge is -2.22. The van der Waals surface area contributed by atoms with Gasteiger partial charge in [0.2, 0.25) is 11.8 Å². The minimum atomic E-state index is -0.709. The fourth-order valence-corrected chi connectivity index (χ4v) is 4.10. The Hall–Kier alpha value is -4.25. The summed E-state index contributed by atoms with van der Waals surface area (Å²) >= 11 is 5.81. The van der Waals surface area contributed by atoms with Crippen LogP contribution in [0.1, 0.15) is 27.3 Å². The molecule has 10 nitrogen and oxygen atoms in total. The first-order valence-electron chi connectivity index (χ1n) is 11.3. The van der Waals surface area contributed by atoms with Crippen molar-refractivity contribution in [2.75, 3.05) is 6.54 Å². The topological polar surface area (TPSA) is 128 Å². The number of aryl methyl sites for hydroxylation is 2. The third-order valence-electron chi connectivity index (χ3n) is 5.73. The zero-order chi connectivity index (χ0) is 26.7. The summed E-state index contributed by atoms with van der Waals surface area (Å²) in [5.74, 6) is -2.25. The van der Waals surface area contributed by atoms with Crippen LogP contribution >= 0.6 is 11.6 Å². The molecule has 192 valence electrons. The molecule has 0 fully saturated rings. The summed E-state index contributed by atoms with van der Waals surface area (Å²) in [6, 6.07) is 9.88. The maximum atomic E-state index is 14.2. The van der Waals surface area contributed by atoms with Crippen molar-refractivity contribution in [3.05, 3.63) is 82.3 Å². The standard InChI is InChI=1S/C25H25ClFN7O3/c1-15-6-7-20-18(8-15)24(25(28)37)31-34(20)13-22(36)33(11-17-10-32(2)14-30-17)12-21(35)29-9-16-4-3-5-19(26)23(16)27/h3-8,10,14H,9,11-13H2,1-2H3,(H2,28,37)(H,29,35). The van der Waals surface area contributed by atoms with Gasteiger partial charge < -0.3 is 20.5 Å². The second kappa shape index (κ2) is 10.8. The van der Waals surface area contributed by atoms with E-state index < -0.39 is 23.5 Å². The molecule has 0 unspecified atom stereocenters. The number of imidazole rings is 1. The molecular weight excluding hydrogens is 501 g/mol. The summed E-state index contributed by atoms with van der Waals surface area (Å²) in [7, 11) is 1.79. The van der Waals surface area contributed by atoms with Crippen LogP contribution in [-0.4, -0.2) is 48.5 Å². The van der Waals surface area contributed by atoms with E-state index in [9.17, 15) is 18.8 Å². The highest BCUT2D eigenvalue weighted by Crippen LogP contribution is 2.21. The Bertz CT molecular complexity index is 1500. The van der Waals surface area contributed by atoms with Gasteiger partial charge in [-0.3, -0.25) is 19.1 Å². The lowest BCUT2D eigenvalue weighted by Crippen LogP contribution is -2.41. The Morgan fingerprint density at radius 3 is 2.70 bits per heavy atom. The van der Waals surface area contributed by atoms with Crippen molar-refractivity contribution >= 4 is 40.2 Å². The number of aromatic nitrogens is 4. The average Bonchev–Trinajstić information content (AvgIpc) is 3.42. The summed E-state index contributed by atoms with van der Waals surface area (Å²) < 4.78 is 17.3. The summed E-state index contributed by atoms with van der Waals surface area (Å²) in [5, 5.41) is 7.37. The van der Waals surface area contributed by atoms with Crippen molar-refractivity contribution in [1.82, 2.24) is 29.5 Å². The molecule has 12 heteroatoms. The Labute approximate surface area is 216 Å². The van der Waals surface area contributed by atoms with Gasteiger partial charge in [0.1, 0.15) is 12.4 Å². The molecule has 0 saturated carbocycles. The summed E-state index contributed by atoms with van der Waals surface area (Å²) in [4.78, 5) is 43.6. The van der Waals surface area contributed by atoms with E-state index in [0.29, 0.717) is 16.6 Å². The molecule has 4 rings (SSSR count). The van der Waals surface area contributed by atoms with Gasteiger partial charge in [0.15, 0.2) is 5.69 Å². The first-order valence-corrected chi connectivity index (χ1v) is 11.7. The van der Waals surface area contributed by atoms with Crippen molar-refractivity contribution < 1.29 is 18.8 Å². The van der Waals surface area contributed by atoms with Crippen LogP contribution in [0.5, 0.6) is 0 Å². The predicted octanol–water partition coefficient (Wildman–Crippen LogP) is 2.31. The molecule has 3 N–H and O–H groups in total. The van der Waals surface area contributed by atoms with Crippen LogP contribution in [0.2, 0.25) is 5.02 Å². The van der Waals surface area contributed by atoms with Gasteiger partial charge in [0.05, 0.1) is 35.7 Å². The normalized spacial score (nSPS) is 11.0. The van der Waals surface area contributed by atoms with E-state index in [-0.39, 0.29) is 42.5 Å². The number of carbonyl (C=O) groups excluding carboxylic acids is 3. The highest BCUT2D eigenvalue weighted by atomic mass is 35.5. The highest BCUT2D eigenvalue weighted by Gasteiger charge is 2.22. The fraction of sp³-hybridized carbons (Fsp3) is 0.240. The minimum Gasteiger partial charge on any atom is -0.364 e. The predicted molar refractivity (Wildman–Crippen MR) is 135 cm³/mol. The molecule has 0 atom stereocenters. The molecule has 2 aromatic heterocycles. The molecule has 0 spiro atoms. The molecule has 3 amide bonds. The number of benzene rings is 2. The Kier molecular flexibility index (Phi) is 7.53. The summed E-state index contributed by atoms with van der Waals surface area (Å²) in [6.45, 7) is 1.28. The third-order valence-corrected chi connectivity index (χ3v) is 6.02. The Morgan fingerprint density at radius 2 is 2.00 bits per heavy atom. The van der Waals surface area contributed by atoms with Gasteiger partial charge in [-0.05, 0) is 25.1 Å². The molecule has 0 aliphatic rings. The van der Waals surface area contributed by atoms with E-state index in [2.05, 4.69) is 15.4 Å². The molecule has 2 heterocycles. The van der Waals surface area contributed by atoms with Crippen LogP contribution in [0.3, 0.4) is 0 Å². The van der Waals surface area contributed by atoms with Crippen LogP contribution in [0.4, 0.5) is 4.39 Å². The second-order valence-corrected chi connectivity index (χ2v) is 9.07. The largest absolute Gasteiger partial charge is 0.364 e. The summed E-state index contributed by atoms with van der Waals surface area (Å²) in [6.07, 6.45) is 3.32. The highest BCUT2D eigenvalue weighted by molar-refractivity contribution is 6.30. The molecule has 4 aromatic rings. The van der Waals surface area contributed by atoms with Gasteiger partial charge in [-0.1, -0.05) is 35.4 Å². The average molecular weight is 526 g/mol. The third kappa shape index (κ3) is 5.95. The minimum absolute atomic E-state index is 0.0457. The number of nitrogens with two attached hydrogens (primary N) is 1. The molecule has 0 aliphatic heterocycles. The van der Waals surface area contributed by atoms with Crippen LogP contribution in [0.25, 0.3) is 10.9 Å². The van der Waals surface area contributed by atoms with Crippen molar-refractivity contribution in [1.29, 1.82) is 0 Å². The number of rotatable bonds is 9. The number of amides is 3. The quantitative estimate of drug-likeness (QED) is 0.346. The van der Waals surface area contributed by atoms with Crippen molar-refractivity contribution in [2.24, 2.45) is 12.8 Å². The lowest BCUT2D eigenvalue weighted by atomic mass is 10.1. The van der Waals surface area contributed by atoms with Crippen LogP contribution in [0.15, 0.2) is 48.9 Å². The van der Waals surface area contributed by atoms with E-state index >= 15 is 0 Å². The molecular formula is C25H25ClFN7O3. The lowest BCUT2D eigenvalue weighted by molar-refractivity contribution is -0.137. The molecule has 37 heavy (non-hydrogen) atoms. The van der Waals surface area contributed by atoms with Crippen LogP contribution in [0, 0.1) is 12.7 Å². The van der Waals surface area contributed by atoms with Crippen LogP contribution < -0.4 is 11.1 Å². The van der Waals surface area contributed by atoms with E-state index in [1.807, 2.05) is 13.0 Å². The maximum Gasteiger partial charge on any atom is 0.269 e. The van der Waals surface area contributed by atoms with Crippen molar-refractivity contribution in [3.63, 3.8) is 0 Å². The number of halogens is 2. The fourth-order valence-electron chi connectivity index (χ4n) is 3.91. The summed E-state index contributed by atoms with van der Waals surface area (Å²) in [5.41, 5.74) is 7.82. The maximum absolute atomic E-state index is 14.2. The Morgan fingerprint density at radius 1 is 1.22 bits per heavy atom. The molecule has 0 aliphatic carbocycles. The number of nitrogens with one attached hydrogen (secondary N) is 1.